The Morgan fingerprint density at radius 2 is 1.94 bits per heavy atom. The van der Waals surface area contributed by atoms with Gasteiger partial charge in [-0.1, -0.05) is 0 Å². The third-order valence-electron chi connectivity index (χ3n) is 3.80. The molecule has 0 heterocycles. The lowest BCUT2D eigenvalue weighted by atomic mass is 10.0. The Bertz CT molecular complexity index is 305. The van der Waals surface area contributed by atoms with Gasteiger partial charge in [-0.2, -0.15) is 0 Å². The first kappa shape index (κ1) is 15.0. The summed E-state index contributed by atoms with van der Waals surface area (Å²) in [6.45, 7) is 5.66. The van der Waals surface area contributed by atoms with Gasteiger partial charge in [0.1, 0.15) is 0 Å². The van der Waals surface area contributed by atoms with Gasteiger partial charge < -0.3 is 15.3 Å². The number of nitrogens with zero attached hydrogens (tertiary/aromatic N) is 1. The van der Waals surface area contributed by atoms with Crippen LogP contribution < -0.4 is 5.32 Å². The van der Waals surface area contributed by atoms with Gasteiger partial charge in [0.2, 0.25) is 5.91 Å². The summed E-state index contributed by atoms with van der Waals surface area (Å²) < 4.78 is 0. The molecule has 0 bridgehead atoms. The van der Waals surface area contributed by atoms with Gasteiger partial charge in [-0.05, 0) is 40.2 Å². The second-order valence-electron chi connectivity index (χ2n) is 5.41. The van der Waals surface area contributed by atoms with Gasteiger partial charge in [0, 0.05) is 25.0 Å². The Labute approximate surface area is 109 Å². The van der Waals surface area contributed by atoms with E-state index in [4.69, 9.17) is 5.11 Å². The number of rotatable bonds is 6. The third kappa shape index (κ3) is 4.29. The highest BCUT2D eigenvalue weighted by molar-refractivity contribution is 5.80. The van der Waals surface area contributed by atoms with Gasteiger partial charge in [0.15, 0.2) is 0 Å². The molecular formula is C13H24N2O3. The van der Waals surface area contributed by atoms with Gasteiger partial charge in [0.25, 0.3) is 0 Å². The molecule has 2 N–H and O–H groups in total. The lowest BCUT2D eigenvalue weighted by molar-refractivity contribution is -0.141. The maximum absolute atomic E-state index is 11.8. The summed E-state index contributed by atoms with van der Waals surface area (Å²) in [5.41, 5.74) is 0. The van der Waals surface area contributed by atoms with Crippen LogP contribution in [0.4, 0.5) is 0 Å². The summed E-state index contributed by atoms with van der Waals surface area (Å²) in [5.74, 6) is -1.21. The van der Waals surface area contributed by atoms with E-state index in [2.05, 4.69) is 24.1 Å². The topological polar surface area (TPSA) is 69.6 Å². The average Bonchev–Trinajstić information content (AvgIpc) is 2.77. The van der Waals surface area contributed by atoms with Crippen LogP contribution in [-0.2, 0) is 9.59 Å². The number of amides is 1. The van der Waals surface area contributed by atoms with E-state index in [1.807, 2.05) is 7.05 Å². The van der Waals surface area contributed by atoms with Crippen LogP contribution in [-0.4, -0.2) is 48.1 Å². The smallest absolute Gasteiger partial charge is 0.306 e. The Hall–Kier alpha value is -1.10. The molecule has 0 unspecified atom stereocenters. The average molecular weight is 256 g/mol. The maximum Gasteiger partial charge on any atom is 0.306 e. The van der Waals surface area contributed by atoms with Gasteiger partial charge in [-0.15, -0.1) is 0 Å². The summed E-state index contributed by atoms with van der Waals surface area (Å²) in [6, 6.07) is 0.463. The molecule has 5 heteroatoms. The Morgan fingerprint density at radius 1 is 1.33 bits per heavy atom. The molecule has 1 rings (SSSR count). The quantitative estimate of drug-likeness (QED) is 0.742. The molecule has 0 radical (unpaired) electrons. The second kappa shape index (κ2) is 6.73. The van der Waals surface area contributed by atoms with Crippen LogP contribution >= 0.6 is 0 Å². The van der Waals surface area contributed by atoms with Crippen molar-refractivity contribution in [1.82, 2.24) is 10.2 Å². The molecule has 0 aromatic rings. The van der Waals surface area contributed by atoms with Crippen molar-refractivity contribution in [3.8, 4) is 0 Å². The molecule has 0 aromatic heterocycles. The highest BCUT2D eigenvalue weighted by atomic mass is 16.4. The van der Waals surface area contributed by atoms with Crippen LogP contribution in [0, 0.1) is 11.8 Å². The highest BCUT2D eigenvalue weighted by Gasteiger charge is 2.33. The van der Waals surface area contributed by atoms with E-state index in [9.17, 15) is 9.59 Å². The van der Waals surface area contributed by atoms with Gasteiger partial charge in [-0.3, -0.25) is 9.59 Å². The van der Waals surface area contributed by atoms with Crippen molar-refractivity contribution in [2.45, 2.75) is 39.2 Å². The molecule has 1 saturated carbocycles. The number of hydrogen-bond acceptors (Lipinski definition) is 3. The number of likely N-dealkylation sites (N-methyl/N-ethyl adjacent to an activating group) is 1. The van der Waals surface area contributed by atoms with E-state index < -0.39 is 5.97 Å². The highest BCUT2D eigenvalue weighted by Crippen LogP contribution is 2.30. The van der Waals surface area contributed by atoms with Crippen LogP contribution in [0.15, 0.2) is 0 Å². The van der Waals surface area contributed by atoms with Crippen molar-refractivity contribution in [3.05, 3.63) is 0 Å². The Morgan fingerprint density at radius 3 is 2.44 bits per heavy atom. The summed E-state index contributed by atoms with van der Waals surface area (Å²) in [6.07, 6.45) is 1.81. The first-order valence-electron chi connectivity index (χ1n) is 6.62. The normalized spacial score (nSPS) is 23.6. The van der Waals surface area contributed by atoms with Gasteiger partial charge >= 0.3 is 5.97 Å². The molecule has 0 aliphatic heterocycles. The number of carboxylic acids is 1. The van der Waals surface area contributed by atoms with E-state index in [0.717, 1.165) is 6.54 Å². The lowest BCUT2D eigenvalue weighted by Gasteiger charge is -2.21. The fourth-order valence-corrected chi connectivity index (χ4v) is 2.20. The minimum atomic E-state index is -0.773. The van der Waals surface area contributed by atoms with Crippen molar-refractivity contribution < 1.29 is 14.7 Å². The SMILES string of the molecule is CC(C)N(C)CCNC(=O)[C@@H]1CC[C@H](C(=O)O)C1. The van der Waals surface area contributed by atoms with E-state index in [-0.39, 0.29) is 17.7 Å². The first-order chi connectivity index (χ1) is 8.41. The van der Waals surface area contributed by atoms with Crippen molar-refractivity contribution in [2.24, 2.45) is 11.8 Å². The lowest BCUT2D eigenvalue weighted by Crippen LogP contribution is -2.38. The number of carbonyl (C=O) groups excluding carboxylic acids is 1. The summed E-state index contributed by atoms with van der Waals surface area (Å²) >= 11 is 0. The zero-order chi connectivity index (χ0) is 13.7. The van der Waals surface area contributed by atoms with Crippen LogP contribution in [0.2, 0.25) is 0 Å². The number of carboxylic acid groups (broad SMARTS) is 1. The summed E-state index contributed by atoms with van der Waals surface area (Å²) in [7, 11) is 2.02. The van der Waals surface area contributed by atoms with Gasteiger partial charge in [0.05, 0.1) is 5.92 Å². The third-order valence-corrected chi connectivity index (χ3v) is 3.80. The van der Waals surface area contributed by atoms with Crippen LogP contribution in [0.5, 0.6) is 0 Å². The number of carbonyl (C=O) groups is 2. The molecule has 104 valence electrons. The number of aliphatic carboxylic acids is 1. The van der Waals surface area contributed by atoms with Crippen molar-refractivity contribution in [3.63, 3.8) is 0 Å². The molecule has 1 fully saturated rings. The van der Waals surface area contributed by atoms with E-state index in [0.29, 0.717) is 31.8 Å². The van der Waals surface area contributed by atoms with Crippen molar-refractivity contribution in [2.75, 3.05) is 20.1 Å². The number of nitrogens with one attached hydrogen (secondary N) is 1. The standard InChI is InChI=1S/C13H24N2O3/c1-9(2)15(3)7-6-14-12(16)10-4-5-11(8-10)13(17)18/h9-11H,4-8H2,1-3H3,(H,14,16)(H,17,18)/t10-,11+/m1/s1. The van der Waals surface area contributed by atoms with E-state index in [1.54, 1.807) is 0 Å². The molecule has 0 saturated heterocycles. The van der Waals surface area contributed by atoms with E-state index >= 15 is 0 Å². The minimum absolute atomic E-state index is 0.0101. The van der Waals surface area contributed by atoms with Crippen molar-refractivity contribution >= 4 is 11.9 Å². The van der Waals surface area contributed by atoms with Gasteiger partial charge in [-0.25, -0.2) is 0 Å². The molecule has 0 spiro atoms. The van der Waals surface area contributed by atoms with Crippen LogP contribution in [0.1, 0.15) is 33.1 Å². The monoisotopic (exact) mass is 256 g/mol. The molecule has 5 nitrogen and oxygen atoms in total. The summed E-state index contributed by atoms with van der Waals surface area (Å²) in [4.78, 5) is 24.8. The number of hydrogen-bond donors (Lipinski definition) is 2. The van der Waals surface area contributed by atoms with Crippen LogP contribution in [0.25, 0.3) is 0 Å². The molecule has 1 amide bonds. The fraction of sp³-hybridized carbons (Fsp3) is 0.846. The predicted octanol–water partition coefficient (Wildman–Crippen LogP) is 0.944. The first-order valence-corrected chi connectivity index (χ1v) is 6.62. The largest absolute Gasteiger partial charge is 0.481 e. The molecule has 18 heavy (non-hydrogen) atoms. The zero-order valence-corrected chi connectivity index (χ0v) is 11.5. The fourth-order valence-electron chi connectivity index (χ4n) is 2.20. The molecule has 2 atom stereocenters. The molecule has 1 aliphatic carbocycles. The predicted molar refractivity (Wildman–Crippen MR) is 69.2 cm³/mol. The van der Waals surface area contributed by atoms with E-state index in [1.165, 1.54) is 0 Å². The minimum Gasteiger partial charge on any atom is -0.481 e. The Balaban J connectivity index is 2.24. The second-order valence-corrected chi connectivity index (χ2v) is 5.41. The zero-order valence-electron chi connectivity index (χ0n) is 11.5. The molecule has 0 aromatic carbocycles. The molecule has 1 aliphatic rings. The summed E-state index contributed by atoms with van der Waals surface area (Å²) in [5, 5.41) is 11.8. The van der Waals surface area contributed by atoms with Crippen molar-refractivity contribution in [1.29, 1.82) is 0 Å². The Kier molecular flexibility index (Phi) is 5.59. The maximum atomic E-state index is 11.8. The van der Waals surface area contributed by atoms with Crippen LogP contribution in [0.3, 0.4) is 0 Å². The molecular weight excluding hydrogens is 232 g/mol.